The highest BCUT2D eigenvalue weighted by molar-refractivity contribution is 6.31. The lowest BCUT2D eigenvalue weighted by Gasteiger charge is -2.34. The Hall–Kier alpha value is -1.56. The monoisotopic (exact) mass is 312 g/mol. The standard InChI is InChI=1S/C14H21ClN4O2/c1-5-19-10(12(15)9(4)17-19)6-18-7-11(20)16-13(8(2)3)14(18)21/h8,13H,5-7H2,1-4H3,(H,16,20). The fourth-order valence-corrected chi connectivity index (χ4v) is 2.71. The second-order valence-electron chi connectivity index (χ2n) is 5.65. The number of carbonyl (C=O) groups excluding carboxylic acids is 2. The van der Waals surface area contributed by atoms with Crippen LogP contribution in [0.1, 0.15) is 32.2 Å². The zero-order valence-electron chi connectivity index (χ0n) is 12.8. The van der Waals surface area contributed by atoms with Crippen molar-refractivity contribution in [3.05, 3.63) is 16.4 Å². The molecular formula is C14H21ClN4O2. The van der Waals surface area contributed by atoms with Gasteiger partial charge >= 0.3 is 0 Å². The van der Waals surface area contributed by atoms with Crippen LogP contribution in [0.3, 0.4) is 0 Å². The van der Waals surface area contributed by atoms with Crippen LogP contribution in [-0.2, 0) is 22.7 Å². The van der Waals surface area contributed by atoms with Crippen molar-refractivity contribution >= 4 is 23.4 Å². The van der Waals surface area contributed by atoms with Crippen molar-refractivity contribution in [3.8, 4) is 0 Å². The lowest BCUT2D eigenvalue weighted by atomic mass is 10.0. The smallest absolute Gasteiger partial charge is 0.246 e. The molecule has 0 aliphatic carbocycles. The molecule has 1 atom stereocenters. The van der Waals surface area contributed by atoms with E-state index in [1.54, 1.807) is 9.58 Å². The van der Waals surface area contributed by atoms with Crippen molar-refractivity contribution in [2.75, 3.05) is 6.54 Å². The summed E-state index contributed by atoms with van der Waals surface area (Å²) < 4.78 is 1.78. The van der Waals surface area contributed by atoms with Gasteiger partial charge in [0.2, 0.25) is 11.8 Å². The van der Waals surface area contributed by atoms with Crippen molar-refractivity contribution in [2.24, 2.45) is 5.92 Å². The number of amides is 2. The Balaban J connectivity index is 2.26. The number of nitrogens with one attached hydrogen (secondary N) is 1. The average Bonchev–Trinajstić information content (AvgIpc) is 2.69. The van der Waals surface area contributed by atoms with E-state index in [0.717, 1.165) is 11.4 Å². The highest BCUT2D eigenvalue weighted by Gasteiger charge is 2.35. The number of aromatic nitrogens is 2. The number of halogens is 1. The molecule has 0 spiro atoms. The SMILES string of the molecule is CCn1nc(C)c(Cl)c1CN1CC(=O)NC(C(C)C)C1=O. The third kappa shape index (κ3) is 3.05. The summed E-state index contributed by atoms with van der Waals surface area (Å²) in [6, 6.07) is -0.468. The van der Waals surface area contributed by atoms with Crippen LogP contribution < -0.4 is 5.32 Å². The molecule has 1 fully saturated rings. The van der Waals surface area contributed by atoms with Gasteiger partial charge < -0.3 is 10.2 Å². The number of rotatable bonds is 4. The van der Waals surface area contributed by atoms with Gasteiger partial charge in [-0.2, -0.15) is 5.10 Å². The van der Waals surface area contributed by atoms with Gasteiger partial charge in [-0.3, -0.25) is 14.3 Å². The number of nitrogens with zero attached hydrogens (tertiary/aromatic N) is 3. The maximum absolute atomic E-state index is 12.5. The maximum atomic E-state index is 12.5. The molecule has 2 amide bonds. The number of carbonyl (C=O) groups is 2. The summed E-state index contributed by atoms with van der Waals surface area (Å²) in [4.78, 5) is 25.8. The highest BCUT2D eigenvalue weighted by Crippen LogP contribution is 2.23. The number of piperazine rings is 1. The Labute approximate surface area is 129 Å². The molecule has 6 nitrogen and oxygen atoms in total. The summed E-state index contributed by atoms with van der Waals surface area (Å²) in [6.07, 6.45) is 0. The quantitative estimate of drug-likeness (QED) is 0.912. The Kier molecular flexibility index (Phi) is 4.56. The third-order valence-corrected chi connectivity index (χ3v) is 4.18. The topological polar surface area (TPSA) is 67.2 Å². The zero-order chi connectivity index (χ0) is 15.7. The van der Waals surface area contributed by atoms with Crippen LogP contribution >= 0.6 is 11.6 Å². The Bertz CT molecular complexity index is 568. The van der Waals surface area contributed by atoms with Crippen molar-refractivity contribution in [1.29, 1.82) is 0 Å². The van der Waals surface area contributed by atoms with E-state index in [-0.39, 0.29) is 24.3 Å². The van der Waals surface area contributed by atoms with Gasteiger partial charge in [0.05, 0.1) is 23.0 Å². The van der Waals surface area contributed by atoms with Crippen LogP contribution in [0.4, 0.5) is 0 Å². The van der Waals surface area contributed by atoms with Crippen molar-refractivity contribution in [3.63, 3.8) is 0 Å². The Morgan fingerprint density at radius 1 is 1.43 bits per heavy atom. The molecule has 1 aromatic heterocycles. The van der Waals surface area contributed by atoms with E-state index in [1.165, 1.54) is 0 Å². The van der Waals surface area contributed by atoms with E-state index in [9.17, 15) is 9.59 Å². The maximum Gasteiger partial charge on any atom is 0.246 e. The molecule has 1 N–H and O–H groups in total. The van der Waals surface area contributed by atoms with Gasteiger partial charge in [-0.25, -0.2) is 0 Å². The molecule has 1 unspecified atom stereocenters. The molecule has 1 saturated heterocycles. The fraction of sp³-hybridized carbons (Fsp3) is 0.643. The number of aryl methyl sites for hydroxylation is 2. The molecule has 0 aromatic carbocycles. The molecule has 7 heteroatoms. The molecule has 1 aromatic rings. The lowest BCUT2D eigenvalue weighted by Crippen LogP contribution is -2.59. The molecular weight excluding hydrogens is 292 g/mol. The fourth-order valence-electron chi connectivity index (χ4n) is 2.52. The van der Waals surface area contributed by atoms with E-state index in [1.807, 2.05) is 27.7 Å². The normalized spacial score (nSPS) is 19.3. The first kappa shape index (κ1) is 15.8. The molecule has 0 bridgehead atoms. The van der Waals surface area contributed by atoms with E-state index >= 15 is 0 Å². The van der Waals surface area contributed by atoms with Gasteiger partial charge in [-0.15, -0.1) is 0 Å². The summed E-state index contributed by atoms with van der Waals surface area (Å²) in [6.45, 7) is 8.67. The minimum atomic E-state index is -0.468. The molecule has 116 valence electrons. The van der Waals surface area contributed by atoms with E-state index < -0.39 is 6.04 Å². The van der Waals surface area contributed by atoms with Crippen molar-refractivity contribution in [2.45, 2.75) is 46.8 Å². The number of hydrogen-bond acceptors (Lipinski definition) is 3. The van der Waals surface area contributed by atoms with Gasteiger partial charge in [-0.05, 0) is 19.8 Å². The predicted octanol–water partition coefficient (Wildman–Crippen LogP) is 1.35. The van der Waals surface area contributed by atoms with Gasteiger partial charge in [0.25, 0.3) is 0 Å². The third-order valence-electron chi connectivity index (χ3n) is 3.69. The van der Waals surface area contributed by atoms with Crippen LogP contribution in [-0.4, -0.2) is 39.1 Å². The summed E-state index contributed by atoms with van der Waals surface area (Å²) in [5, 5.41) is 7.65. The van der Waals surface area contributed by atoms with Gasteiger partial charge in [0.15, 0.2) is 0 Å². The van der Waals surface area contributed by atoms with Gasteiger partial charge in [-0.1, -0.05) is 25.4 Å². The minimum Gasteiger partial charge on any atom is -0.343 e. The first-order chi connectivity index (χ1) is 9.85. The second kappa shape index (κ2) is 6.05. The zero-order valence-corrected chi connectivity index (χ0v) is 13.6. The predicted molar refractivity (Wildman–Crippen MR) is 79.8 cm³/mol. The van der Waals surface area contributed by atoms with E-state index in [4.69, 9.17) is 11.6 Å². The lowest BCUT2D eigenvalue weighted by molar-refractivity contribution is -0.146. The molecule has 0 saturated carbocycles. The van der Waals surface area contributed by atoms with E-state index in [0.29, 0.717) is 18.1 Å². The molecule has 1 aliphatic rings. The number of hydrogen-bond donors (Lipinski definition) is 1. The van der Waals surface area contributed by atoms with Gasteiger partial charge in [0, 0.05) is 6.54 Å². The average molecular weight is 313 g/mol. The largest absolute Gasteiger partial charge is 0.343 e. The van der Waals surface area contributed by atoms with Crippen molar-refractivity contribution < 1.29 is 9.59 Å². The summed E-state index contributed by atoms with van der Waals surface area (Å²) in [7, 11) is 0. The first-order valence-electron chi connectivity index (χ1n) is 7.15. The summed E-state index contributed by atoms with van der Waals surface area (Å²) in [5.41, 5.74) is 1.52. The molecule has 0 radical (unpaired) electrons. The Morgan fingerprint density at radius 3 is 2.67 bits per heavy atom. The van der Waals surface area contributed by atoms with Gasteiger partial charge in [0.1, 0.15) is 12.6 Å². The second-order valence-corrected chi connectivity index (χ2v) is 6.02. The molecule has 21 heavy (non-hydrogen) atoms. The first-order valence-corrected chi connectivity index (χ1v) is 7.52. The van der Waals surface area contributed by atoms with Crippen LogP contribution in [0.15, 0.2) is 0 Å². The van der Waals surface area contributed by atoms with Crippen molar-refractivity contribution in [1.82, 2.24) is 20.0 Å². The Morgan fingerprint density at radius 2 is 2.10 bits per heavy atom. The van der Waals surface area contributed by atoms with Crippen LogP contribution in [0, 0.1) is 12.8 Å². The summed E-state index contributed by atoms with van der Waals surface area (Å²) >= 11 is 6.27. The van der Waals surface area contributed by atoms with Crippen LogP contribution in [0.5, 0.6) is 0 Å². The minimum absolute atomic E-state index is 0.0533. The molecule has 1 aliphatic heterocycles. The van der Waals surface area contributed by atoms with Crippen LogP contribution in [0.2, 0.25) is 5.02 Å². The van der Waals surface area contributed by atoms with E-state index in [2.05, 4.69) is 10.4 Å². The highest BCUT2D eigenvalue weighted by atomic mass is 35.5. The molecule has 2 rings (SSSR count). The summed E-state index contributed by atoms with van der Waals surface area (Å²) in [5.74, 6) is -0.150. The molecule has 2 heterocycles. The van der Waals surface area contributed by atoms with Crippen LogP contribution in [0.25, 0.3) is 0 Å².